The van der Waals surface area contributed by atoms with E-state index in [2.05, 4.69) is 22.6 Å². The maximum atomic E-state index is 11.8. The third-order valence-electron chi connectivity index (χ3n) is 4.68. The molecule has 5 heteroatoms. The predicted molar refractivity (Wildman–Crippen MR) is 84.3 cm³/mol. The Kier molecular flexibility index (Phi) is 7.47. The number of hydrogen-bond acceptors (Lipinski definition) is 4. The van der Waals surface area contributed by atoms with Gasteiger partial charge in [0, 0.05) is 13.0 Å². The van der Waals surface area contributed by atoms with Crippen LogP contribution in [0.25, 0.3) is 0 Å². The van der Waals surface area contributed by atoms with Crippen LogP contribution in [0.4, 0.5) is 0 Å². The minimum absolute atomic E-state index is 0.136. The summed E-state index contributed by atoms with van der Waals surface area (Å²) in [5, 5.41) is 6.35. The number of carbonyl (C=O) groups is 1. The van der Waals surface area contributed by atoms with Crippen molar-refractivity contribution < 1.29 is 9.53 Å². The highest BCUT2D eigenvalue weighted by Gasteiger charge is 2.17. The van der Waals surface area contributed by atoms with E-state index in [4.69, 9.17) is 4.74 Å². The summed E-state index contributed by atoms with van der Waals surface area (Å²) in [4.78, 5) is 14.1. The molecule has 0 aromatic carbocycles. The van der Waals surface area contributed by atoms with Crippen LogP contribution in [-0.4, -0.2) is 63.3 Å². The van der Waals surface area contributed by atoms with E-state index in [1.807, 2.05) is 0 Å². The summed E-state index contributed by atoms with van der Waals surface area (Å²) >= 11 is 0. The molecule has 2 aliphatic heterocycles. The van der Waals surface area contributed by atoms with Crippen LogP contribution < -0.4 is 10.6 Å². The number of carbonyl (C=O) groups excluding carboxylic acids is 1. The molecule has 21 heavy (non-hydrogen) atoms. The van der Waals surface area contributed by atoms with Crippen molar-refractivity contribution >= 4 is 5.91 Å². The zero-order chi connectivity index (χ0) is 14.9. The molecule has 0 saturated carbocycles. The molecule has 0 atom stereocenters. The quantitative estimate of drug-likeness (QED) is 0.736. The summed E-state index contributed by atoms with van der Waals surface area (Å²) in [6, 6.07) is 0. The molecule has 2 saturated heterocycles. The fourth-order valence-electron chi connectivity index (χ4n) is 3.14. The molecule has 0 aromatic heterocycles. The number of ether oxygens (including phenoxy) is 1. The molecule has 122 valence electrons. The highest BCUT2D eigenvalue weighted by Crippen LogP contribution is 2.18. The first-order valence-corrected chi connectivity index (χ1v) is 8.51. The van der Waals surface area contributed by atoms with Gasteiger partial charge in [0.15, 0.2) is 0 Å². The van der Waals surface area contributed by atoms with E-state index >= 15 is 0 Å². The average Bonchev–Trinajstić information content (AvgIpc) is 2.50. The fourth-order valence-corrected chi connectivity index (χ4v) is 3.14. The Morgan fingerprint density at radius 1 is 1.24 bits per heavy atom. The highest BCUT2D eigenvalue weighted by atomic mass is 16.5. The van der Waals surface area contributed by atoms with Gasteiger partial charge in [-0.3, -0.25) is 4.79 Å². The second kappa shape index (κ2) is 9.38. The van der Waals surface area contributed by atoms with Gasteiger partial charge < -0.3 is 20.3 Å². The minimum Gasteiger partial charge on any atom is -0.378 e. The van der Waals surface area contributed by atoms with Crippen LogP contribution in [0.2, 0.25) is 0 Å². The molecule has 0 aliphatic carbocycles. The zero-order valence-electron chi connectivity index (χ0n) is 13.4. The van der Waals surface area contributed by atoms with Gasteiger partial charge in [0.1, 0.15) is 0 Å². The SMILES string of the molecule is CN1CCC(CCNC(=O)CCOC2CCNCC2)CC1. The summed E-state index contributed by atoms with van der Waals surface area (Å²) in [5.41, 5.74) is 0. The molecular formula is C16H31N3O2. The summed E-state index contributed by atoms with van der Waals surface area (Å²) < 4.78 is 5.76. The van der Waals surface area contributed by atoms with E-state index < -0.39 is 0 Å². The first-order chi connectivity index (χ1) is 10.2. The summed E-state index contributed by atoms with van der Waals surface area (Å²) in [6.45, 7) is 5.84. The Balaban J connectivity index is 1.45. The van der Waals surface area contributed by atoms with E-state index in [9.17, 15) is 4.79 Å². The molecule has 2 heterocycles. The largest absolute Gasteiger partial charge is 0.378 e. The Morgan fingerprint density at radius 2 is 1.95 bits per heavy atom. The van der Waals surface area contributed by atoms with Crippen molar-refractivity contribution in [2.75, 3.05) is 46.4 Å². The van der Waals surface area contributed by atoms with E-state index in [1.54, 1.807) is 0 Å². The number of piperidine rings is 2. The van der Waals surface area contributed by atoms with Gasteiger partial charge in [-0.2, -0.15) is 0 Å². The van der Waals surface area contributed by atoms with Gasteiger partial charge >= 0.3 is 0 Å². The van der Waals surface area contributed by atoms with E-state index in [0.29, 0.717) is 19.1 Å². The fraction of sp³-hybridized carbons (Fsp3) is 0.938. The number of nitrogens with zero attached hydrogens (tertiary/aromatic N) is 1. The van der Waals surface area contributed by atoms with Crippen LogP contribution in [0.1, 0.15) is 38.5 Å². The molecule has 1 amide bonds. The molecule has 5 nitrogen and oxygen atoms in total. The van der Waals surface area contributed by atoms with Gasteiger partial charge in [0.05, 0.1) is 12.7 Å². The minimum atomic E-state index is 0.136. The third kappa shape index (κ3) is 6.76. The Hall–Kier alpha value is -0.650. The lowest BCUT2D eigenvalue weighted by Gasteiger charge is -2.28. The maximum Gasteiger partial charge on any atom is 0.222 e. The van der Waals surface area contributed by atoms with Crippen molar-refractivity contribution in [3.8, 4) is 0 Å². The smallest absolute Gasteiger partial charge is 0.222 e. The molecule has 2 fully saturated rings. The topological polar surface area (TPSA) is 53.6 Å². The molecule has 0 bridgehead atoms. The van der Waals surface area contributed by atoms with Gasteiger partial charge in [-0.1, -0.05) is 0 Å². The zero-order valence-corrected chi connectivity index (χ0v) is 13.4. The highest BCUT2D eigenvalue weighted by molar-refractivity contribution is 5.75. The number of rotatable bonds is 7. The lowest BCUT2D eigenvalue weighted by atomic mass is 9.94. The van der Waals surface area contributed by atoms with Crippen molar-refractivity contribution in [3.63, 3.8) is 0 Å². The Morgan fingerprint density at radius 3 is 2.67 bits per heavy atom. The first kappa shape index (κ1) is 16.7. The van der Waals surface area contributed by atoms with Crippen molar-refractivity contribution in [1.29, 1.82) is 0 Å². The van der Waals surface area contributed by atoms with Crippen LogP contribution in [-0.2, 0) is 9.53 Å². The van der Waals surface area contributed by atoms with E-state index in [0.717, 1.165) is 44.8 Å². The van der Waals surface area contributed by atoms with E-state index in [-0.39, 0.29) is 5.91 Å². The number of amides is 1. The van der Waals surface area contributed by atoms with Gasteiger partial charge in [-0.05, 0) is 71.2 Å². The average molecular weight is 297 g/mol. The first-order valence-electron chi connectivity index (χ1n) is 8.51. The van der Waals surface area contributed by atoms with Crippen LogP contribution in [0.3, 0.4) is 0 Å². The molecule has 0 unspecified atom stereocenters. The Bertz CT molecular complexity index is 298. The summed E-state index contributed by atoms with van der Waals surface area (Å²) in [7, 11) is 2.18. The molecule has 0 radical (unpaired) electrons. The molecule has 0 aromatic rings. The van der Waals surface area contributed by atoms with Crippen molar-refractivity contribution in [3.05, 3.63) is 0 Å². The maximum absolute atomic E-state index is 11.8. The van der Waals surface area contributed by atoms with Crippen LogP contribution >= 0.6 is 0 Å². The molecule has 2 aliphatic rings. The molecule has 0 spiro atoms. The second-order valence-electron chi connectivity index (χ2n) is 6.46. The number of hydrogen-bond donors (Lipinski definition) is 2. The standard InChI is InChI=1S/C16H31N3O2/c1-19-11-5-14(6-12-19)2-10-18-16(20)7-13-21-15-3-8-17-9-4-15/h14-15,17H,2-13H2,1H3,(H,18,20). The predicted octanol–water partition coefficient (Wildman–Crippen LogP) is 0.993. The van der Waals surface area contributed by atoms with Crippen LogP contribution in [0.15, 0.2) is 0 Å². The van der Waals surface area contributed by atoms with Crippen molar-refractivity contribution in [1.82, 2.24) is 15.5 Å². The van der Waals surface area contributed by atoms with E-state index in [1.165, 1.54) is 25.9 Å². The lowest BCUT2D eigenvalue weighted by molar-refractivity contribution is -0.122. The monoisotopic (exact) mass is 297 g/mol. The molecule has 2 N–H and O–H groups in total. The Labute approximate surface area is 128 Å². The van der Waals surface area contributed by atoms with Crippen LogP contribution in [0.5, 0.6) is 0 Å². The number of nitrogens with one attached hydrogen (secondary N) is 2. The van der Waals surface area contributed by atoms with Crippen molar-refractivity contribution in [2.24, 2.45) is 5.92 Å². The van der Waals surface area contributed by atoms with Gasteiger partial charge in [0.25, 0.3) is 0 Å². The number of likely N-dealkylation sites (tertiary alicyclic amines) is 1. The molecule has 2 rings (SSSR count). The van der Waals surface area contributed by atoms with Crippen LogP contribution in [0, 0.1) is 5.92 Å². The van der Waals surface area contributed by atoms with Gasteiger partial charge in [0.2, 0.25) is 5.91 Å². The van der Waals surface area contributed by atoms with Gasteiger partial charge in [-0.15, -0.1) is 0 Å². The van der Waals surface area contributed by atoms with Gasteiger partial charge in [-0.25, -0.2) is 0 Å². The summed E-state index contributed by atoms with van der Waals surface area (Å²) in [5.74, 6) is 0.921. The third-order valence-corrected chi connectivity index (χ3v) is 4.68. The summed E-state index contributed by atoms with van der Waals surface area (Å²) in [6.07, 6.45) is 6.64. The second-order valence-corrected chi connectivity index (χ2v) is 6.46. The lowest BCUT2D eigenvalue weighted by Crippen LogP contribution is -2.34. The molecular weight excluding hydrogens is 266 g/mol. The van der Waals surface area contributed by atoms with Crippen molar-refractivity contribution in [2.45, 2.75) is 44.6 Å². The normalized spacial score (nSPS) is 22.3.